The van der Waals surface area contributed by atoms with E-state index in [1.165, 1.54) is 12.3 Å². The molecule has 0 radical (unpaired) electrons. The van der Waals surface area contributed by atoms with Gasteiger partial charge in [0, 0.05) is 6.04 Å². The van der Waals surface area contributed by atoms with Crippen molar-refractivity contribution in [1.82, 2.24) is 9.78 Å². The first-order valence-corrected chi connectivity index (χ1v) is 5.35. The van der Waals surface area contributed by atoms with Gasteiger partial charge >= 0.3 is 0 Å². The Morgan fingerprint density at radius 3 is 2.94 bits per heavy atom. The van der Waals surface area contributed by atoms with E-state index in [1.54, 1.807) is 29.1 Å². The SMILES string of the molecule is CC(N)Cn1cc(Oc2ccccc2F)cn1. The molecule has 0 saturated carbocycles. The molecule has 1 atom stereocenters. The molecule has 1 aromatic heterocycles. The van der Waals surface area contributed by atoms with E-state index in [2.05, 4.69) is 5.10 Å². The summed E-state index contributed by atoms with van der Waals surface area (Å²) < 4.78 is 20.4. The zero-order valence-corrected chi connectivity index (χ0v) is 9.51. The van der Waals surface area contributed by atoms with E-state index in [0.717, 1.165) is 0 Å². The molecule has 0 aliphatic rings. The smallest absolute Gasteiger partial charge is 0.165 e. The Kier molecular flexibility index (Phi) is 3.39. The maximum absolute atomic E-state index is 13.3. The van der Waals surface area contributed by atoms with Crippen molar-refractivity contribution >= 4 is 0 Å². The molecule has 1 heterocycles. The topological polar surface area (TPSA) is 53.1 Å². The molecule has 17 heavy (non-hydrogen) atoms. The van der Waals surface area contributed by atoms with Gasteiger partial charge < -0.3 is 10.5 Å². The lowest BCUT2D eigenvalue weighted by molar-refractivity contribution is 0.440. The number of rotatable bonds is 4. The van der Waals surface area contributed by atoms with Gasteiger partial charge in [-0.3, -0.25) is 4.68 Å². The van der Waals surface area contributed by atoms with Gasteiger partial charge in [0.15, 0.2) is 17.3 Å². The van der Waals surface area contributed by atoms with Crippen molar-refractivity contribution in [3.8, 4) is 11.5 Å². The summed E-state index contributed by atoms with van der Waals surface area (Å²) in [5, 5.41) is 4.07. The van der Waals surface area contributed by atoms with Gasteiger partial charge in [0.25, 0.3) is 0 Å². The molecule has 0 aliphatic heterocycles. The molecule has 1 aromatic carbocycles. The highest BCUT2D eigenvalue weighted by Gasteiger charge is 2.06. The number of aromatic nitrogens is 2. The van der Waals surface area contributed by atoms with Gasteiger partial charge in [-0.25, -0.2) is 4.39 Å². The Hall–Kier alpha value is -1.88. The van der Waals surface area contributed by atoms with Crippen LogP contribution in [0.1, 0.15) is 6.92 Å². The molecule has 1 unspecified atom stereocenters. The van der Waals surface area contributed by atoms with Crippen LogP contribution in [0.15, 0.2) is 36.7 Å². The van der Waals surface area contributed by atoms with Gasteiger partial charge in [-0.1, -0.05) is 12.1 Å². The van der Waals surface area contributed by atoms with E-state index >= 15 is 0 Å². The predicted octanol–water partition coefficient (Wildman–Crippen LogP) is 2.16. The summed E-state index contributed by atoms with van der Waals surface area (Å²) in [7, 11) is 0. The molecule has 0 aliphatic carbocycles. The second-order valence-corrected chi connectivity index (χ2v) is 3.91. The molecule has 2 N–H and O–H groups in total. The van der Waals surface area contributed by atoms with Crippen LogP contribution in [-0.2, 0) is 6.54 Å². The van der Waals surface area contributed by atoms with Crippen molar-refractivity contribution in [2.45, 2.75) is 19.5 Å². The maximum atomic E-state index is 13.3. The lowest BCUT2D eigenvalue weighted by atomic mass is 10.3. The second-order valence-electron chi connectivity index (χ2n) is 3.91. The van der Waals surface area contributed by atoms with Crippen LogP contribution in [0, 0.1) is 5.82 Å². The summed E-state index contributed by atoms with van der Waals surface area (Å²) in [6, 6.07) is 6.25. The lowest BCUT2D eigenvalue weighted by Gasteiger charge is -2.04. The van der Waals surface area contributed by atoms with Crippen molar-refractivity contribution < 1.29 is 9.13 Å². The summed E-state index contributed by atoms with van der Waals surface area (Å²) in [6.45, 7) is 2.49. The van der Waals surface area contributed by atoms with Crippen LogP contribution in [0.4, 0.5) is 4.39 Å². The number of nitrogens with two attached hydrogens (primary N) is 1. The van der Waals surface area contributed by atoms with E-state index in [9.17, 15) is 4.39 Å². The third-order valence-corrected chi connectivity index (χ3v) is 2.15. The summed E-state index contributed by atoms with van der Waals surface area (Å²) in [6.07, 6.45) is 3.23. The minimum atomic E-state index is -0.396. The molecule has 2 aromatic rings. The van der Waals surface area contributed by atoms with Crippen molar-refractivity contribution in [2.24, 2.45) is 5.73 Å². The highest BCUT2D eigenvalue weighted by atomic mass is 19.1. The largest absolute Gasteiger partial charge is 0.451 e. The molecule has 0 spiro atoms. The summed E-state index contributed by atoms with van der Waals surface area (Å²) in [4.78, 5) is 0. The molecule has 4 nitrogen and oxygen atoms in total. The Labute approximate surface area is 98.8 Å². The monoisotopic (exact) mass is 235 g/mol. The maximum Gasteiger partial charge on any atom is 0.165 e. The zero-order valence-electron chi connectivity index (χ0n) is 9.51. The van der Waals surface area contributed by atoms with E-state index in [-0.39, 0.29) is 11.8 Å². The van der Waals surface area contributed by atoms with Gasteiger partial charge in [0.1, 0.15) is 0 Å². The molecule has 0 fully saturated rings. The van der Waals surface area contributed by atoms with Gasteiger partial charge in [0.2, 0.25) is 0 Å². The molecule has 2 rings (SSSR count). The van der Waals surface area contributed by atoms with Crippen LogP contribution in [0.25, 0.3) is 0 Å². The minimum Gasteiger partial charge on any atom is -0.451 e. The summed E-state index contributed by atoms with van der Waals surface area (Å²) in [5.41, 5.74) is 5.65. The Morgan fingerprint density at radius 1 is 1.47 bits per heavy atom. The second kappa shape index (κ2) is 4.97. The van der Waals surface area contributed by atoms with E-state index in [1.807, 2.05) is 6.92 Å². The number of halogens is 1. The molecule has 90 valence electrons. The first kappa shape index (κ1) is 11.6. The van der Waals surface area contributed by atoms with Crippen LogP contribution >= 0.6 is 0 Å². The number of benzene rings is 1. The number of hydrogen-bond acceptors (Lipinski definition) is 3. The number of para-hydroxylation sites is 1. The third kappa shape index (κ3) is 3.04. The Balaban J connectivity index is 2.09. The number of ether oxygens (including phenoxy) is 1. The normalized spacial score (nSPS) is 12.4. The quantitative estimate of drug-likeness (QED) is 0.883. The van der Waals surface area contributed by atoms with Crippen LogP contribution < -0.4 is 10.5 Å². The van der Waals surface area contributed by atoms with Crippen molar-refractivity contribution in [3.05, 3.63) is 42.5 Å². The molecule has 0 bridgehead atoms. The Bertz CT molecular complexity index is 496. The van der Waals surface area contributed by atoms with Crippen molar-refractivity contribution in [3.63, 3.8) is 0 Å². The van der Waals surface area contributed by atoms with E-state index in [4.69, 9.17) is 10.5 Å². The van der Waals surface area contributed by atoms with Crippen LogP contribution in [-0.4, -0.2) is 15.8 Å². The molecular weight excluding hydrogens is 221 g/mol. The fourth-order valence-electron chi connectivity index (χ4n) is 1.45. The van der Waals surface area contributed by atoms with Gasteiger partial charge in [0.05, 0.1) is 18.9 Å². The summed E-state index contributed by atoms with van der Waals surface area (Å²) in [5.74, 6) is 0.288. The average molecular weight is 235 g/mol. The lowest BCUT2D eigenvalue weighted by Crippen LogP contribution is -2.22. The first-order chi connectivity index (χ1) is 8.15. The van der Waals surface area contributed by atoms with Crippen LogP contribution in [0.5, 0.6) is 11.5 Å². The highest BCUT2D eigenvalue weighted by molar-refractivity contribution is 5.29. The predicted molar refractivity (Wildman–Crippen MR) is 62.4 cm³/mol. The number of hydrogen-bond donors (Lipinski definition) is 1. The highest BCUT2D eigenvalue weighted by Crippen LogP contribution is 2.23. The standard InChI is InChI=1S/C12H14FN3O/c1-9(14)7-16-8-10(6-15-16)17-12-5-3-2-4-11(12)13/h2-6,8-9H,7,14H2,1H3. The third-order valence-electron chi connectivity index (χ3n) is 2.15. The fourth-order valence-corrected chi connectivity index (χ4v) is 1.45. The van der Waals surface area contributed by atoms with Crippen molar-refractivity contribution in [2.75, 3.05) is 0 Å². The average Bonchev–Trinajstić information content (AvgIpc) is 2.68. The molecular formula is C12H14FN3O. The molecule has 0 saturated heterocycles. The number of nitrogens with zero attached hydrogens (tertiary/aromatic N) is 2. The fraction of sp³-hybridized carbons (Fsp3) is 0.250. The van der Waals surface area contributed by atoms with E-state index < -0.39 is 5.82 Å². The molecule has 5 heteroatoms. The zero-order chi connectivity index (χ0) is 12.3. The van der Waals surface area contributed by atoms with Gasteiger partial charge in [-0.15, -0.1) is 0 Å². The summed E-state index contributed by atoms with van der Waals surface area (Å²) >= 11 is 0. The van der Waals surface area contributed by atoms with E-state index in [0.29, 0.717) is 12.3 Å². The van der Waals surface area contributed by atoms with Crippen molar-refractivity contribution in [1.29, 1.82) is 0 Å². The Morgan fingerprint density at radius 2 is 2.24 bits per heavy atom. The first-order valence-electron chi connectivity index (χ1n) is 5.35. The van der Waals surface area contributed by atoms with Gasteiger partial charge in [-0.05, 0) is 19.1 Å². The minimum absolute atomic E-state index is 0.0104. The van der Waals surface area contributed by atoms with Crippen LogP contribution in [0.3, 0.4) is 0 Å². The van der Waals surface area contributed by atoms with Gasteiger partial charge in [-0.2, -0.15) is 5.10 Å². The molecule has 0 amide bonds. The van der Waals surface area contributed by atoms with Crippen LogP contribution in [0.2, 0.25) is 0 Å².